The lowest BCUT2D eigenvalue weighted by Crippen LogP contribution is -2.33. The van der Waals surface area contributed by atoms with Gasteiger partial charge in [-0.05, 0) is 36.5 Å². The van der Waals surface area contributed by atoms with Crippen molar-refractivity contribution in [3.05, 3.63) is 34.9 Å². The van der Waals surface area contributed by atoms with Gasteiger partial charge in [-0.15, -0.1) is 0 Å². The molecule has 0 saturated heterocycles. The Kier molecular flexibility index (Phi) is 7.83. The highest BCUT2D eigenvalue weighted by Gasteiger charge is 2.08. The summed E-state index contributed by atoms with van der Waals surface area (Å²) in [5, 5.41) is 6.16. The average molecular weight is 311 g/mol. The van der Waals surface area contributed by atoms with Gasteiger partial charge in [0.15, 0.2) is 0 Å². The van der Waals surface area contributed by atoms with Crippen molar-refractivity contribution in [1.29, 1.82) is 0 Å². The summed E-state index contributed by atoms with van der Waals surface area (Å²) in [7, 11) is 0. The van der Waals surface area contributed by atoms with Crippen molar-refractivity contribution >= 4 is 23.4 Å². The molecular formula is C16H23ClN2O2. The Balaban J connectivity index is 2.17. The molecule has 0 bridgehead atoms. The van der Waals surface area contributed by atoms with Crippen LogP contribution in [0.5, 0.6) is 0 Å². The van der Waals surface area contributed by atoms with Crippen molar-refractivity contribution in [2.24, 2.45) is 5.92 Å². The second-order valence-electron chi connectivity index (χ2n) is 5.44. The summed E-state index contributed by atoms with van der Waals surface area (Å²) in [6, 6.07) is 7.51. The number of carbonyl (C=O) groups is 2. The molecule has 1 aromatic rings. The zero-order valence-electron chi connectivity index (χ0n) is 12.6. The van der Waals surface area contributed by atoms with Gasteiger partial charge in [0.2, 0.25) is 11.8 Å². The van der Waals surface area contributed by atoms with Crippen molar-refractivity contribution in [1.82, 2.24) is 10.6 Å². The van der Waals surface area contributed by atoms with Gasteiger partial charge in [0.1, 0.15) is 6.42 Å². The number of rotatable bonds is 8. The molecule has 0 aliphatic carbocycles. The van der Waals surface area contributed by atoms with Crippen LogP contribution >= 0.6 is 11.6 Å². The van der Waals surface area contributed by atoms with Crippen LogP contribution in [0.15, 0.2) is 24.3 Å². The Labute approximate surface area is 131 Å². The first-order chi connectivity index (χ1) is 9.97. The molecule has 116 valence electrons. The van der Waals surface area contributed by atoms with Crippen LogP contribution in [0.1, 0.15) is 32.3 Å². The second kappa shape index (κ2) is 9.40. The molecule has 2 amide bonds. The molecule has 4 nitrogen and oxygen atoms in total. The van der Waals surface area contributed by atoms with E-state index in [1.807, 2.05) is 24.3 Å². The van der Waals surface area contributed by atoms with E-state index in [2.05, 4.69) is 24.5 Å². The summed E-state index contributed by atoms with van der Waals surface area (Å²) >= 11 is 5.89. The van der Waals surface area contributed by atoms with E-state index in [4.69, 9.17) is 11.6 Å². The molecule has 0 aliphatic rings. The van der Waals surface area contributed by atoms with Crippen LogP contribution in [0.4, 0.5) is 0 Å². The first kappa shape index (κ1) is 17.5. The maximum atomic E-state index is 11.6. The Bertz CT molecular complexity index is 475. The summed E-state index contributed by atoms with van der Waals surface area (Å²) in [5.74, 6) is 0.0619. The highest BCUT2D eigenvalue weighted by molar-refractivity contribution is 6.30. The van der Waals surface area contributed by atoms with E-state index in [9.17, 15) is 9.59 Å². The molecule has 0 saturated carbocycles. The van der Waals surface area contributed by atoms with Gasteiger partial charge < -0.3 is 10.6 Å². The minimum absolute atomic E-state index is 0.117. The molecule has 0 aromatic heterocycles. The molecule has 0 heterocycles. The average Bonchev–Trinajstić information content (AvgIpc) is 2.38. The highest BCUT2D eigenvalue weighted by Crippen LogP contribution is 2.10. The molecule has 1 aromatic carbocycles. The normalized spacial score (nSPS) is 10.5. The fourth-order valence-corrected chi connectivity index (χ4v) is 2.02. The molecular weight excluding hydrogens is 288 g/mol. The van der Waals surface area contributed by atoms with Crippen molar-refractivity contribution in [3.63, 3.8) is 0 Å². The van der Waals surface area contributed by atoms with E-state index in [1.165, 1.54) is 0 Å². The summed E-state index contributed by atoms with van der Waals surface area (Å²) in [6.07, 6.45) is 1.50. The van der Waals surface area contributed by atoms with Gasteiger partial charge in [-0.3, -0.25) is 9.59 Å². The molecule has 0 aliphatic heterocycles. The lowest BCUT2D eigenvalue weighted by Gasteiger charge is -2.08. The lowest BCUT2D eigenvalue weighted by atomic mass is 10.1. The van der Waals surface area contributed by atoms with E-state index >= 15 is 0 Å². The third kappa shape index (κ3) is 8.35. The van der Waals surface area contributed by atoms with Gasteiger partial charge in [0, 0.05) is 18.1 Å². The first-order valence-electron chi connectivity index (χ1n) is 7.25. The number of hydrogen-bond donors (Lipinski definition) is 2. The van der Waals surface area contributed by atoms with E-state index in [0.29, 0.717) is 30.5 Å². The fraction of sp³-hybridized carbons (Fsp3) is 0.500. The van der Waals surface area contributed by atoms with Crippen molar-refractivity contribution in [2.45, 2.75) is 33.1 Å². The van der Waals surface area contributed by atoms with Crippen LogP contribution in [-0.4, -0.2) is 24.9 Å². The van der Waals surface area contributed by atoms with Gasteiger partial charge in [-0.25, -0.2) is 0 Å². The van der Waals surface area contributed by atoms with Crippen molar-refractivity contribution in [3.8, 4) is 0 Å². The molecule has 0 atom stereocenters. The quantitative estimate of drug-likeness (QED) is 0.725. The molecule has 2 N–H and O–H groups in total. The Hall–Kier alpha value is -1.55. The number of hydrogen-bond acceptors (Lipinski definition) is 2. The number of carbonyl (C=O) groups excluding carboxylic acids is 2. The summed E-state index contributed by atoms with van der Waals surface area (Å²) in [4.78, 5) is 23.1. The van der Waals surface area contributed by atoms with Crippen LogP contribution in [0.2, 0.25) is 5.02 Å². The predicted molar refractivity (Wildman–Crippen MR) is 85.2 cm³/mol. The summed E-state index contributed by atoms with van der Waals surface area (Å²) in [6.45, 7) is 5.30. The number of halogens is 1. The van der Waals surface area contributed by atoms with Crippen LogP contribution in [-0.2, 0) is 16.0 Å². The molecule has 0 unspecified atom stereocenters. The van der Waals surface area contributed by atoms with Gasteiger partial charge in [0.05, 0.1) is 0 Å². The van der Waals surface area contributed by atoms with Gasteiger partial charge in [0.25, 0.3) is 0 Å². The molecule has 0 radical (unpaired) electrons. The third-order valence-corrected chi connectivity index (χ3v) is 3.22. The second-order valence-corrected chi connectivity index (χ2v) is 5.88. The van der Waals surface area contributed by atoms with E-state index in [-0.39, 0.29) is 18.2 Å². The number of benzene rings is 1. The minimum Gasteiger partial charge on any atom is -0.356 e. The molecule has 0 fully saturated rings. The monoisotopic (exact) mass is 310 g/mol. The van der Waals surface area contributed by atoms with Crippen molar-refractivity contribution in [2.75, 3.05) is 13.1 Å². The summed E-state index contributed by atoms with van der Waals surface area (Å²) < 4.78 is 0. The van der Waals surface area contributed by atoms with Gasteiger partial charge >= 0.3 is 0 Å². The molecule has 5 heteroatoms. The largest absolute Gasteiger partial charge is 0.356 e. The first-order valence-corrected chi connectivity index (χ1v) is 7.63. The standard InChI is InChI=1S/C16H23ClN2O2/c1-12(2)6-8-18-15(20)11-16(21)19-9-7-13-4-3-5-14(17)10-13/h3-5,10,12H,6-9,11H2,1-2H3,(H,18,20)(H,19,21). The number of nitrogens with one attached hydrogen (secondary N) is 2. The molecule has 21 heavy (non-hydrogen) atoms. The number of amides is 2. The SMILES string of the molecule is CC(C)CCNC(=O)CC(=O)NCCc1cccc(Cl)c1. The Morgan fingerprint density at radius 2 is 1.81 bits per heavy atom. The minimum atomic E-state index is -0.251. The zero-order valence-corrected chi connectivity index (χ0v) is 13.4. The maximum absolute atomic E-state index is 11.6. The van der Waals surface area contributed by atoms with E-state index < -0.39 is 0 Å². The highest BCUT2D eigenvalue weighted by atomic mass is 35.5. The lowest BCUT2D eigenvalue weighted by molar-refractivity contribution is -0.129. The Morgan fingerprint density at radius 3 is 2.43 bits per heavy atom. The molecule has 1 rings (SSSR count). The fourth-order valence-electron chi connectivity index (χ4n) is 1.81. The van der Waals surface area contributed by atoms with Crippen LogP contribution in [0.25, 0.3) is 0 Å². The van der Waals surface area contributed by atoms with Crippen LogP contribution in [0, 0.1) is 5.92 Å². The van der Waals surface area contributed by atoms with Gasteiger partial charge in [-0.1, -0.05) is 37.6 Å². The van der Waals surface area contributed by atoms with Gasteiger partial charge in [-0.2, -0.15) is 0 Å². The van der Waals surface area contributed by atoms with E-state index in [0.717, 1.165) is 12.0 Å². The maximum Gasteiger partial charge on any atom is 0.229 e. The van der Waals surface area contributed by atoms with E-state index in [1.54, 1.807) is 0 Å². The third-order valence-electron chi connectivity index (χ3n) is 2.99. The predicted octanol–water partition coefficient (Wildman–Crippen LogP) is 2.55. The van der Waals surface area contributed by atoms with Crippen molar-refractivity contribution < 1.29 is 9.59 Å². The topological polar surface area (TPSA) is 58.2 Å². The van der Waals surface area contributed by atoms with Crippen LogP contribution < -0.4 is 10.6 Å². The Morgan fingerprint density at radius 1 is 1.14 bits per heavy atom. The molecule has 0 spiro atoms. The van der Waals surface area contributed by atoms with Crippen LogP contribution in [0.3, 0.4) is 0 Å². The summed E-state index contributed by atoms with van der Waals surface area (Å²) in [5.41, 5.74) is 1.06. The zero-order chi connectivity index (χ0) is 15.7. The smallest absolute Gasteiger partial charge is 0.229 e.